The van der Waals surface area contributed by atoms with Crippen LogP contribution in [-0.4, -0.2) is 11.4 Å². The van der Waals surface area contributed by atoms with Crippen LogP contribution in [0.4, 0.5) is 4.39 Å². The lowest BCUT2D eigenvalue weighted by Gasteiger charge is -2.07. The Balaban J connectivity index is 2.21. The van der Waals surface area contributed by atoms with Gasteiger partial charge in [-0.1, -0.05) is 6.07 Å². The molecule has 0 amide bonds. The lowest BCUT2D eigenvalue weighted by atomic mass is 10.1. The van der Waals surface area contributed by atoms with Gasteiger partial charge in [0.15, 0.2) is 0 Å². The maximum Gasteiger partial charge on any atom is 0.123 e. The first kappa shape index (κ1) is 8.21. The molecule has 0 aromatic heterocycles. The van der Waals surface area contributed by atoms with Crippen molar-refractivity contribution in [2.24, 2.45) is 0 Å². The van der Waals surface area contributed by atoms with E-state index in [0.29, 0.717) is 13.1 Å². The number of hydrogen-bond donors (Lipinski definition) is 0. The van der Waals surface area contributed by atoms with Gasteiger partial charge < -0.3 is 0 Å². The highest BCUT2D eigenvalue weighted by Gasteiger charge is 2.18. The fourth-order valence-corrected chi connectivity index (χ4v) is 1.65. The van der Waals surface area contributed by atoms with Crippen molar-refractivity contribution in [3.8, 4) is 6.07 Å². The molecule has 0 atom stereocenters. The van der Waals surface area contributed by atoms with Gasteiger partial charge in [-0.05, 0) is 23.3 Å². The van der Waals surface area contributed by atoms with E-state index >= 15 is 0 Å². The van der Waals surface area contributed by atoms with Crippen LogP contribution >= 0.6 is 0 Å². The van der Waals surface area contributed by atoms with Crippen molar-refractivity contribution in [1.82, 2.24) is 4.90 Å². The normalized spacial score (nSPS) is 15.4. The van der Waals surface area contributed by atoms with Crippen LogP contribution in [0.2, 0.25) is 0 Å². The minimum Gasteiger partial charge on any atom is -0.282 e. The van der Waals surface area contributed by atoms with Gasteiger partial charge in [0.05, 0.1) is 12.6 Å². The summed E-state index contributed by atoms with van der Waals surface area (Å²) >= 11 is 0. The van der Waals surface area contributed by atoms with Crippen molar-refractivity contribution in [1.29, 1.82) is 5.26 Å². The maximum absolute atomic E-state index is 12.8. The van der Waals surface area contributed by atoms with Gasteiger partial charge in [-0.3, -0.25) is 4.90 Å². The molecule has 0 bridgehead atoms. The van der Waals surface area contributed by atoms with Crippen molar-refractivity contribution in [2.45, 2.75) is 13.1 Å². The molecule has 0 aliphatic carbocycles. The van der Waals surface area contributed by atoms with Gasteiger partial charge >= 0.3 is 0 Å². The molecule has 2 rings (SSSR count). The second kappa shape index (κ2) is 3.15. The zero-order chi connectivity index (χ0) is 9.26. The quantitative estimate of drug-likeness (QED) is 0.608. The van der Waals surface area contributed by atoms with Crippen molar-refractivity contribution in [3.63, 3.8) is 0 Å². The molecule has 0 fully saturated rings. The number of rotatable bonds is 1. The van der Waals surface area contributed by atoms with E-state index in [2.05, 4.69) is 6.07 Å². The van der Waals surface area contributed by atoms with E-state index in [-0.39, 0.29) is 5.82 Å². The van der Waals surface area contributed by atoms with E-state index in [1.165, 1.54) is 6.07 Å². The van der Waals surface area contributed by atoms with E-state index in [1.54, 1.807) is 12.1 Å². The monoisotopic (exact) mass is 176 g/mol. The van der Waals surface area contributed by atoms with Crippen molar-refractivity contribution in [3.05, 3.63) is 35.1 Å². The number of fused-ring (bicyclic) bond motifs is 1. The van der Waals surface area contributed by atoms with Crippen molar-refractivity contribution >= 4 is 0 Å². The van der Waals surface area contributed by atoms with E-state index in [4.69, 9.17) is 5.26 Å². The Kier molecular flexibility index (Phi) is 1.99. The lowest BCUT2D eigenvalue weighted by molar-refractivity contribution is 0.320. The summed E-state index contributed by atoms with van der Waals surface area (Å²) < 4.78 is 12.8. The van der Waals surface area contributed by atoms with Crippen LogP contribution in [0.1, 0.15) is 11.1 Å². The Bertz CT molecular complexity index is 368. The summed E-state index contributed by atoms with van der Waals surface area (Å²) in [4.78, 5) is 1.99. The smallest absolute Gasteiger partial charge is 0.123 e. The first-order chi connectivity index (χ1) is 6.29. The van der Waals surface area contributed by atoms with E-state index in [0.717, 1.165) is 17.7 Å². The molecule has 66 valence electrons. The molecular formula is C10H9FN2. The van der Waals surface area contributed by atoms with E-state index < -0.39 is 0 Å². The third kappa shape index (κ3) is 1.53. The lowest BCUT2D eigenvalue weighted by Crippen LogP contribution is -2.15. The second-order valence-electron chi connectivity index (χ2n) is 3.22. The van der Waals surface area contributed by atoms with Crippen LogP contribution in [0.5, 0.6) is 0 Å². The molecule has 3 heteroatoms. The molecule has 1 heterocycles. The Labute approximate surface area is 76.2 Å². The first-order valence-electron chi connectivity index (χ1n) is 4.16. The molecule has 0 radical (unpaired) electrons. The molecule has 0 unspecified atom stereocenters. The molecular weight excluding hydrogens is 167 g/mol. The predicted octanol–water partition coefficient (Wildman–Crippen LogP) is 1.66. The average molecular weight is 176 g/mol. The third-order valence-electron chi connectivity index (χ3n) is 2.25. The van der Waals surface area contributed by atoms with Gasteiger partial charge in [-0.2, -0.15) is 5.26 Å². The van der Waals surface area contributed by atoms with Crippen LogP contribution < -0.4 is 0 Å². The summed E-state index contributed by atoms with van der Waals surface area (Å²) in [6, 6.07) is 6.90. The van der Waals surface area contributed by atoms with Crippen molar-refractivity contribution < 1.29 is 4.39 Å². The molecule has 1 aromatic carbocycles. The fourth-order valence-electron chi connectivity index (χ4n) is 1.65. The summed E-state index contributed by atoms with van der Waals surface area (Å²) in [5.74, 6) is -0.197. The topological polar surface area (TPSA) is 27.0 Å². The summed E-state index contributed by atoms with van der Waals surface area (Å²) in [6.45, 7) is 1.88. The third-order valence-corrected chi connectivity index (χ3v) is 2.25. The number of nitriles is 1. The van der Waals surface area contributed by atoms with E-state index in [9.17, 15) is 4.39 Å². The average Bonchev–Trinajstić information content (AvgIpc) is 2.46. The molecule has 0 N–H and O–H groups in total. The zero-order valence-electron chi connectivity index (χ0n) is 7.13. The minimum atomic E-state index is -0.197. The molecule has 0 saturated carbocycles. The van der Waals surface area contributed by atoms with Crippen LogP contribution in [0.15, 0.2) is 18.2 Å². The highest BCUT2D eigenvalue weighted by molar-refractivity contribution is 5.31. The fraction of sp³-hybridized carbons (Fsp3) is 0.300. The van der Waals surface area contributed by atoms with E-state index in [1.807, 2.05) is 4.90 Å². The Morgan fingerprint density at radius 1 is 1.38 bits per heavy atom. The Morgan fingerprint density at radius 3 is 2.92 bits per heavy atom. The summed E-state index contributed by atoms with van der Waals surface area (Å²) in [5.41, 5.74) is 2.15. The first-order valence-corrected chi connectivity index (χ1v) is 4.16. The number of halogens is 1. The van der Waals surface area contributed by atoms with Gasteiger partial charge in [-0.25, -0.2) is 4.39 Å². The van der Waals surface area contributed by atoms with Gasteiger partial charge in [-0.15, -0.1) is 0 Å². The Morgan fingerprint density at radius 2 is 2.15 bits per heavy atom. The molecule has 1 aliphatic heterocycles. The molecule has 1 aromatic rings. The van der Waals surface area contributed by atoms with Crippen LogP contribution in [0.3, 0.4) is 0 Å². The highest BCUT2D eigenvalue weighted by atomic mass is 19.1. The van der Waals surface area contributed by atoms with Gasteiger partial charge in [0.25, 0.3) is 0 Å². The second-order valence-corrected chi connectivity index (χ2v) is 3.22. The maximum atomic E-state index is 12.8. The minimum absolute atomic E-state index is 0.197. The summed E-state index contributed by atoms with van der Waals surface area (Å²) in [6.07, 6.45) is 0. The number of benzene rings is 1. The van der Waals surface area contributed by atoms with Gasteiger partial charge in [0.2, 0.25) is 0 Å². The molecule has 0 spiro atoms. The van der Waals surface area contributed by atoms with Gasteiger partial charge in [0, 0.05) is 13.1 Å². The van der Waals surface area contributed by atoms with Crippen LogP contribution in [-0.2, 0) is 13.1 Å². The number of nitrogens with zero attached hydrogens (tertiary/aromatic N) is 2. The van der Waals surface area contributed by atoms with Crippen LogP contribution in [0.25, 0.3) is 0 Å². The standard InChI is InChI=1S/C10H9FN2/c11-10-2-1-8-6-13(4-3-12)7-9(8)5-10/h1-2,5H,4,6-7H2. The molecule has 1 aliphatic rings. The van der Waals surface area contributed by atoms with Crippen LogP contribution in [0, 0.1) is 17.1 Å². The predicted molar refractivity (Wildman–Crippen MR) is 46.1 cm³/mol. The van der Waals surface area contributed by atoms with Gasteiger partial charge in [0.1, 0.15) is 5.82 Å². The zero-order valence-corrected chi connectivity index (χ0v) is 7.13. The molecule has 2 nitrogen and oxygen atoms in total. The summed E-state index contributed by atoms with van der Waals surface area (Å²) in [5, 5.41) is 8.49. The summed E-state index contributed by atoms with van der Waals surface area (Å²) in [7, 11) is 0. The highest BCUT2D eigenvalue weighted by Crippen LogP contribution is 2.22. The molecule has 13 heavy (non-hydrogen) atoms. The Hall–Kier alpha value is -1.40. The van der Waals surface area contributed by atoms with Crippen molar-refractivity contribution in [2.75, 3.05) is 6.54 Å². The molecule has 0 saturated heterocycles. The SMILES string of the molecule is N#CCN1Cc2ccc(F)cc2C1. The number of hydrogen-bond acceptors (Lipinski definition) is 2. The largest absolute Gasteiger partial charge is 0.282 e.